The minimum atomic E-state index is -0.561. The molecule has 0 fully saturated rings. The Hall–Kier alpha value is -3.72. The van der Waals surface area contributed by atoms with Crippen molar-refractivity contribution in [3.05, 3.63) is 71.2 Å². The van der Waals surface area contributed by atoms with Crippen molar-refractivity contribution in [2.75, 3.05) is 26.8 Å². The van der Waals surface area contributed by atoms with Crippen molar-refractivity contribution < 1.29 is 28.2 Å². The average molecular weight is 496 g/mol. The fourth-order valence-corrected chi connectivity index (χ4v) is 4.65. The summed E-state index contributed by atoms with van der Waals surface area (Å²) in [6.45, 7) is 2.80. The average Bonchev–Trinajstić information content (AvgIpc) is 3.20. The highest BCUT2D eigenvalue weighted by molar-refractivity contribution is 5.90. The van der Waals surface area contributed by atoms with Crippen molar-refractivity contribution in [1.29, 1.82) is 0 Å². The van der Waals surface area contributed by atoms with Gasteiger partial charge < -0.3 is 18.9 Å². The van der Waals surface area contributed by atoms with Crippen molar-refractivity contribution in [1.82, 2.24) is 14.8 Å². The number of rotatable bonds is 9. The molecule has 1 unspecified atom stereocenters. The van der Waals surface area contributed by atoms with Crippen LogP contribution in [0.3, 0.4) is 0 Å². The standard InChI is InChI=1S/C27H30FN3O5/c1-3-36-25(32)12-13-30(17-26(33)35-2)27(34)22-14-21-20-6-4-5-7-23(20)31(24(21)15-29-22)16-18-8-10-19(28)11-9-18/h4-11,22,29H,3,12-17H2,1-2H3. The van der Waals surface area contributed by atoms with Crippen LogP contribution in [0.5, 0.6) is 0 Å². The van der Waals surface area contributed by atoms with E-state index in [-0.39, 0.29) is 37.8 Å². The number of para-hydroxylation sites is 1. The van der Waals surface area contributed by atoms with Gasteiger partial charge in [-0.15, -0.1) is 0 Å². The Morgan fingerprint density at radius 2 is 1.86 bits per heavy atom. The lowest BCUT2D eigenvalue weighted by molar-refractivity contribution is -0.150. The molecule has 0 saturated carbocycles. The first kappa shape index (κ1) is 25.4. The number of ether oxygens (including phenoxy) is 2. The van der Waals surface area contributed by atoms with Crippen LogP contribution in [0, 0.1) is 5.82 Å². The quantitative estimate of drug-likeness (QED) is 0.459. The number of hydrogen-bond acceptors (Lipinski definition) is 6. The number of esters is 2. The van der Waals surface area contributed by atoms with Gasteiger partial charge in [-0.1, -0.05) is 30.3 Å². The second kappa shape index (κ2) is 11.3. The van der Waals surface area contributed by atoms with E-state index in [4.69, 9.17) is 9.47 Å². The Bertz CT molecular complexity index is 1250. The molecule has 2 aromatic carbocycles. The van der Waals surface area contributed by atoms with Crippen molar-refractivity contribution in [3.8, 4) is 0 Å². The maximum absolute atomic E-state index is 13.5. The summed E-state index contributed by atoms with van der Waals surface area (Å²) in [5.74, 6) is -1.53. The van der Waals surface area contributed by atoms with Gasteiger partial charge in [0.25, 0.3) is 0 Å². The number of fused-ring (bicyclic) bond motifs is 3. The number of benzene rings is 2. The summed E-state index contributed by atoms with van der Waals surface area (Å²) in [7, 11) is 1.26. The number of nitrogens with one attached hydrogen (secondary N) is 1. The molecule has 1 aliphatic heterocycles. The summed E-state index contributed by atoms with van der Waals surface area (Å²) in [6.07, 6.45) is 0.424. The van der Waals surface area contributed by atoms with Gasteiger partial charge in [0, 0.05) is 36.2 Å². The zero-order chi connectivity index (χ0) is 25.7. The van der Waals surface area contributed by atoms with Crippen molar-refractivity contribution in [2.24, 2.45) is 0 Å². The Morgan fingerprint density at radius 1 is 1.11 bits per heavy atom. The van der Waals surface area contributed by atoms with Crippen molar-refractivity contribution in [3.63, 3.8) is 0 Å². The van der Waals surface area contributed by atoms with E-state index in [0.717, 1.165) is 27.7 Å². The smallest absolute Gasteiger partial charge is 0.325 e. The van der Waals surface area contributed by atoms with Gasteiger partial charge in [0.05, 0.1) is 26.2 Å². The molecule has 0 aliphatic carbocycles. The van der Waals surface area contributed by atoms with E-state index in [1.54, 1.807) is 19.1 Å². The maximum atomic E-state index is 13.5. The Kier molecular flexibility index (Phi) is 8.00. The molecule has 0 bridgehead atoms. The third kappa shape index (κ3) is 5.57. The molecule has 0 spiro atoms. The number of carbonyl (C=O) groups excluding carboxylic acids is 3. The lowest BCUT2D eigenvalue weighted by atomic mass is 9.97. The number of halogens is 1. The number of carbonyl (C=O) groups is 3. The van der Waals surface area contributed by atoms with Crippen LogP contribution in [0.25, 0.3) is 10.9 Å². The molecule has 36 heavy (non-hydrogen) atoms. The molecule has 9 heteroatoms. The van der Waals surface area contributed by atoms with Gasteiger partial charge in [0.2, 0.25) is 5.91 Å². The van der Waals surface area contributed by atoms with Crippen LogP contribution in [-0.4, -0.2) is 60.2 Å². The van der Waals surface area contributed by atoms with Crippen LogP contribution in [-0.2, 0) is 43.4 Å². The summed E-state index contributed by atoms with van der Waals surface area (Å²) in [5.41, 5.74) is 4.14. The SMILES string of the molecule is CCOC(=O)CCN(CC(=O)OC)C(=O)C1Cc2c(n(Cc3ccc(F)cc3)c3ccccc23)CN1. The van der Waals surface area contributed by atoms with Gasteiger partial charge in [-0.25, -0.2) is 4.39 Å². The van der Waals surface area contributed by atoms with Crippen LogP contribution >= 0.6 is 0 Å². The Labute approximate surface area is 209 Å². The molecule has 1 amide bonds. The number of amides is 1. The van der Waals surface area contributed by atoms with Crippen molar-refractivity contribution in [2.45, 2.75) is 38.9 Å². The van der Waals surface area contributed by atoms with Crippen LogP contribution in [0.2, 0.25) is 0 Å². The first-order valence-electron chi connectivity index (χ1n) is 12.0. The molecule has 1 aromatic heterocycles. The first-order chi connectivity index (χ1) is 17.4. The van der Waals surface area contributed by atoms with Crippen LogP contribution in [0.15, 0.2) is 48.5 Å². The molecule has 8 nitrogen and oxygen atoms in total. The molecule has 190 valence electrons. The first-order valence-corrected chi connectivity index (χ1v) is 12.0. The third-order valence-corrected chi connectivity index (χ3v) is 6.42. The van der Waals surface area contributed by atoms with Gasteiger partial charge in [-0.05, 0) is 42.7 Å². The highest BCUT2D eigenvalue weighted by atomic mass is 19.1. The van der Waals surface area contributed by atoms with Crippen LogP contribution < -0.4 is 5.32 Å². The van der Waals surface area contributed by atoms with Crippen molar-refractivity contribution >= 4 is 28.7 Å². The topological polar surface area (TPSA) is 89.9 Å². The predicted octanol–water partition coefficient (Wildman–Crippen LogP) is 2.80. The molecule has 3 aromatic rings. The summed E-state index contributed by atoms with van der Waals surface area (Å²) >= 11 is 0. The maximum Gasteiger partial charge on any atom is 0.325 e. The van der Waals surface area contributed by atoms with Gasteiger partial charge in [0.1, 0.15) is 12.4 Å². The molecule has 4 rings (SSSR count). The van der Waals surface area contributed by atoms with E-state index in [9.17, 15) is 18.8 Å². The fourth-order valence-electron chi connectivity index (χ4n) is 4.65. The number of hydrogen-bond donors (Lipinski definition) is 1. The van der Waals surface area contributed by atoms with E-state index in [1.807, 2.05) is 24.3 Å². The highest BCUT2D eigenvalue weighted by Gasteiger charge is 2.32. The lowest BCUT2D eigenvalue weighted by Gasteiger charge is -2.30. The van der Waals surface area contributed by atoms with Gasteiger partial charge in [-0.2, -0.15) is 0 Å². The number of methoxy groups -OCH3 is 1. The molecule has 0 radical (unpaired) electrons. The zero-order valence-corrected chi connectivity index (χ0v) is 20.5. The predicted molar refractivity (Wildman–Crippen MR) is 132 cm³/mol. The summed E-state index contributed by atoms with van der Waals surface area (Å²) in [6, 6.07) is 13.9. The minimum absolute atomic E-state index is 0.00841. The van der Waals surface area contributed by atoms with Crippen LogP contribution in [0.4, 0.5) is 4.39 Å². The number of aromatic nitrogens is 1. The minimum Gasteiger partial charge on any atom is -0.468 e. The lowest BCUT2D eigenvalue weighted by Crippen LogP contribution is -2.51. The van der Waals surface area contributed by atoms with Gasteiger partial charge in [0.15, 0.2) is 0 Å². The van der Waals surface area contributed by atoms with Gasteiger partial charge in [-0.3, -0.25) is 19.7 Å². The molecule has 1 atom stereocenters. The highest BCUT2D eigenvalue weighted by Crippen LogP contribution is 2.31. The molecule has 1 aliphatic rings. The molecule has 0 saturated heterocycles. The summed E-state index contributed by atoms with van der Waals surface area (Å²) < 4.78 is 25.3. The van der Waals surface area contributed by atoms with E-state index in [1.165, 1.54) is 24.1 Å². The van der Waals surface area contributed by atoms with E-state index in [0.29, 0.717) is 19.5 Å². The summed E-state index contributed by atoms with van der Waals surface area (Å²) in [4.78, 5) is 38.6. The Balaban J connectivity index is 1.58. The normalized spacial score (nSPS) is 14.8. The number of nitrogens with zero attached hydrogens (tertiary/aromatic N) is 2. The molecular weight excluding hydrogens is 465 g/mol. The van der Waals surface area contributed by atoms with E-state index in [2.05, 4.69) is 9.88 Å². The molecule has 2 heterocycles. The molecular formula is C27H30FN3O5. The second-order valence-electron chi connectivity index (χ2n) is 8.68. The van der Waals surface area contributed by atoms with Crippen LogP contribution in [0.1, 0.15) is 30.2 Å². The molecule has 1 N–H and O–H groups in total. The zero-order valence-electron chi connectivity index (χ0n) is 20.5. The monoisotopic (exact) mass is 495 g/mol. The largest absolute Gasteiger partial charge is 0.468 e. The van der Waals surface area contributed by atoms with E-state index < -0.39 is 18.0 Å². The second-order valence-corrected chi connectivity index (χ2v) is 8.68. The third-order valence-electron chi connectivity index (χ3n) is 6.42. The summed E-state index contributed by atoms with van der Waals surface area (Å²) in [5, 5.41) is 4.37. The van der Waals surface area contributed by atoms with E-state index >= 15 is 0 Å². The van der Waals surface area contributed by atoms with Gasteiger partial charge >= 0.3 is 11.9 Å². The Morgan fingerprint density at radius 3 is 2.58 bits per heavy atom. The fraction of sp³-hybridized carbons (Fsp3) is 0.370.